The Hall–Kier alpha value is -0.410. The number of likely N-dealkylation sites (tertiary alicyclic amines) is 1. The maximum absolute atomic E-state index is 11.3. The smallest absolute Gasteiger partial charge is 0.131 e. The third kappa shape index (κ3) is 3.29. The van der Waals surface area contributed by atoms with Gasteiger partial charge in [0.2, 0.25) is 0 Å². The number of carbonyl (C=O) groups excluding carboxylic acids is 1. The number of carbonyl (C=O) groups is 1. The number of ketones is 1. The number of aliphatic hydroxyl groups is 1. The van der Waals surface area contributed by atoms with E-state index in [2.05, 4.69) is 4.90 Å². The number of rotatable bonds is 3. The lowest BCUT2D eigenvalue weighted by Crippen LogP contribution is -2.46. The third-order valence-electron chi connectivity index (χ3n) is 4.32. The van der Waals surface area contributed by atoms with Crippen molar-refractivity contribution in [2.75, 3.05) is 6.54 Å². The molecule has 98 valence electrons. The molecule has 3 heteroatoms. The normalized spacial score (nSPS) is 35.8. The fraction of sp³-hybridized carbons (Fsp3) is 0.929. The largest absolute Gasteiger partial charge is 0.391 e. The Morgan fingerprint density at radius 2 is 1.94 bits per heavy atom. The first kappa shape index (κ1) is 13.0. The van der Waals surface area contributed by atoms with Gasteiger partial charge in [0.1, 0.15) is 5.78 Å². The molecule has 3 nitrogen and oxygen atoms in total. The molecule has 2 rings (SSSR count). The fourth-order valence-electron chi connectivity index (χ4n) is 3.50. The average molecular weight is 239 g/mol. The highest BCUT2D eigenvalue weighted by Crippen LogP contribution is 2.30. The molecule has 0 aromatic carbocycles. The maximum atomic E-state index is 11.3. The molecule has 1 heterocycles. The van der Waals surface area contributed by atoms with E-state index in [9.17, 15) is 9.90 Å². The van der Waals surface area contributed by atoms with E-state index in [1.807, 2.05) is 0 Å². The Kier molecular flexibility index (Phi) is 4.57. The van der Waals surface area contributed by atoms with Crippen molar-refractivity contribution in [1.82, 2.24) is 4.90 Å². The molecule has 0 spiro atoms. The summed E-state index contributed by atoms with van der Waals surface area (Å²) in [6.07, 6.45) is 8.48. The molecule has 1 saturated heterocycles. The number of hydrogen-bond donors (Lipinski definition) is 1. The van der Waals surface area contributed by atoms with Crippen LogP contribution in [0.5, 0.6) is 0 Å². The molecule has 17 heavy (non-hydrogen) atoms. The molecule has 0 aromatic rings. The molecule has 1 saturated carbocycles. The zero-order valence-electron chi connectivity index (χ0n) is 10.9. The lowest BCUT2D eigenvalue weighted by molar-refractivity contribution is -0.118. The van der Waals surface area contributed by atoms with Crippen LogP contribution < -0.4 is 0 Å². The van der Waals surface area contributed by atoms with Gasteiger partial charge >= 0.3 is 0 Å². The summed E-state index contributed by atoms with van der Waals surface area (Å²) < 4.78 is 0. The molecule has 2 aliphatic rings. The second-order valence-corrected chi connectivity index (χ2v) is 5.71. The summed E-state index contributed by atoms with van der Waals surface area (Å²) in [5.74, 6) is 0.282. The van der Waals surface area contributed by atoms with Gasteiger partial charge in [-0.25, -0.2) is 0 Å². The minimum atomic E-state index is -0.176. The van der Waals surface area contributed by atoms with Gasteiger partial charge < -0.3 is 5.11 Å². The van der Waals surface area contributed by atoms with Crippen LogP contribution >= 0.6 is 0 Å². The molecule has 0 radical (unpaired) electrons. The molecule has 0 aromatic heterocycles. The fourth-order valence-corrected chi connectivity index (χ4v) is 3.50. The lowest BCUT2D eigenvalue weighted by atomic mass is 10.0. The quantitative estimate of drug-likeness (QED) is 0.767. The van der Waals surface area contributed by atoms with Crippen LogP contribution in [0.4, 0.5) is 0 Å². The van der Waals surface area contributed by atoms with E-state index in [1.165, 1.54) is 19.3 Å². The van der Waals surface area contributed by atoms with Crippen molar-refractivity contribution in [2.24, 2.45) is 0 Å². The first-order valence-electron chi connectivity index (χ1n) is 7.11. The number of nitrogens with zero attached hydrogens (tertiary/aromatic N) is 1. The molecule has 3 atom stereocenters. The van der Waals surface area contributed by atoms with Crippen molar-refractivity contribution >= 4 is 5.78 Å². The molecule has 0 bridgehead atoms. The summed E-state index contributed by atoms with van der Waals surface area (Å²) in [6.45, 7) is 2.75. The summed E-state index contributed by atoms with van der Waals surface area (Å²) in [5, 5.41) is 10.2. The van der Waals surface area contributed by atoms with Gasteiger partial charge in [0.15, 0.2) is 0 Å². The van der Waals surface area contributed by atoms with Crippen LogP contribution in [0, 0.1) is 0 Å². The molecular weight excluding hydrogens is 214 g/mol. The molecular formula is C14H25NO2. The molecule has 0 amide bonds. The zero-order valence-corrected chi connectivity index (χ0v) is 10.9. The SMILES string of the molecule is CC(=O)CC1CCCN1C1CCCCCC1O. The maximum Gasteiger partial charge on any atom is 0.131 e. The van der Waals surface area contributed by atoms with E-state index in [0.717, 1.165) is 32.2 Å². The van der Waals surface area contributed by atoms with Crippen molar-refractivity contribution in [3.8, 4) is 0 Å². The van der Waals surface area contributed by atoms with Crippen LogP contribution in [0.3, 0.4) is 0 Å². The Labute approximate surface area is 104 Å². The number of hydrogen-bond acceptors (Lipinski definition) is 3. The minimum absolute atomic E-state index is 0.176. The summed E-state index contributed by atoms with van der Waals surface area (Å²) in [5.41, 5.74) is 0. The highest BCUT2D eigenvalue weighted by Gasteiger charge is 2.35. The second-order valence-electron chi connectivity index (χ2n) is 5.71. The third-order valence-corrected chi connectivity index (χ3v) is 4.32. The van der Waals surface area contributed by atoms with Crippen molar-refractivity contribution in [3.63, 3.8) is 0 Å². The van der Waals surface area contributed by atoms with Crippen LogP contribution in [0.2, 0.25) is 0 Å². The molecule has 3 unspecified atom stereocenters. The van der Waals surface area contributed by atoms with Crippen LogP contribution in [0.25, 0.3) is 0 Å². The van der Waals surface area contributed by atoms with Gasteiger partial charge in [-0.1, -0.05) is 19.3 Å². The number of Topliss-reactive ketones (excluding diaryl/α,β-unsaturated/α-hetero) is 1. The van der Waals surface area contributed by atoms with Gasteiger partial charge in [-0.2, -0.15) is 0 Å². The first-order chi connectivity index (χ1) is 8.18. The Morgan fingerprint density at radius 3 is 2.71 bits per heavy atom. The molecule has 1 aliphatic carbocycles. The highest BCUT2D eigenvalue weighted by molar-refractivity contribution is 5.76. The highest BCUT2D eigenvalue weighted by atomic mass is 16.3. The van der Waals surface area contributed by atoms with E-state index < -0.39 is 0 Å². The minimum Gasteiger partial charge on any atom is -0.391 e. The van der Waals surface area contributed by atoms with Gasteiger partial charge in [0.25, 0.3) is 0 Å². The van der Waals surface area contributed by atoms with Crippen LogP contribution in [-0.4, -0.2) is 40.5 Å². The number of aliphatic hydroxyl groups excluding tert-OH is 1. The Bertz CT molecular complexity index is 267. The van der Waals surface area contributed by atoms with Crippen molar-refractivity contribution in [2.45, 2.75) is 76.5 Å². The van der Waals surface area contributed by atoms with E-state index in [1.54, 1.807) is 6.92 Å². The average Bonchev–Trinajstić information content (AvgIpc) is 2.59. The van der Waals surface area contributed by atoms with Crippen LogP contribution in [0.15, 0.2) is 0 Å². The predicted octanol–water partition coefficient (Wildman–Crippen LogP) is 2.12. The van der Waals surface area contributed by atoms with Crippen LogP contribution in [0.1, 0.15) is 58.3 Å². The molecule has 2 fully saturated rings. The topological polar surface area (TPSA) is 40.5 Å². The van der Waals surface area contributed by atoms with Crippen molar-refractivity contribution < 1.29 is 9.90 Å². The summed E-state index contributed by atoms with van der Waals surface area (Å²) in [7, 11) is 0. The van der Waals surface area contributed by atoms with E-state index in [-0.39, 0.29) is 11.9 Å². The van der Waals surface area contributed by atoms with E-state index in [0.29, 0.717) is 18.5 Å². The standard InChI is InChI=1S/C14H25NO2/c1-11(16)10-12-6-5-9-15(12)13-7-3-2-4-8-14(13)17/h12-14,17H,2-10H2,1H3. The van der Waals surface area contributed by atoms with E-state index >= 15 is 0 Å². The Balaban J connectivity index is 2.00. The zero-order chi connectivity index (χ0) is 12.3. The van der Waals surface area contributed by atoms with E-state index in [4.69, 9.17) is 0 Å². The lowest BCUT2D eigenvalue weighted by Gasteiger charge is -2.35. The second kappa shape index (κ2) is 5.96. The summed E-state index contributed by atoms with van der Waals surface area (Å²) in [4.78, 5) is 13.7. The first-order valence-corrected chi connectivity index (χ1v) is 7.11. The van der Waals surface area contributed by atoms with Gasteiger partial charge in [-0.15, -0.1) is 0 Å². The van der Waals surface area contributed by atoms with Gasteiger partial charge in [-0.3, -0.25) is 9.69 Å². The molecule has 1 N–H and O–H groups in total. The van der Waals surface area contributed by atoms with Crippen LogP contribution in [-0.2, 0) is 4.79 Å². The Morgan fingerprint density at radius 1 is 1.18 bits per heavy atom. The van der Waals surface area contributed by atoms with Gasteiger partial charge in [0, 0.05) is 18.5 Å². The van der Waals surface area contributed by atoms with Gasteiger partial charge in [0.05, 0.1) is 6.10 Å². The predicted molar refractivity (Wildman–Crippen MR) is 67.9 cm³/mol. The monoisotopic (exact) mass is 239 g/mol. The van der Waals surface area contributed by atoms with Gasteiger partial charge in [-0.05, 0) is 39.2 Å². The summed E-state index contributed by atoms with van der Waals surface area (Å²) >= 11 is 0. The van der Waals surface area contributed by atoms with Crippen molar-refractivity contribution in [1.29, 1.82) is 0 Å². The molecule has 1 aliphatic heterocycles. The summed E-state index contributed by atoms with van der Waals surface area (Å²) in [6, 6.07) is 0.703. The van der Waals surface area contributed by atoms with Crippen molar-refractivity contribution in [3.05, 3.63) is 0 Å².